The topological polar surface area (TPSA) is 48.1 Å². The first kappa shape index (κ1) is 22.6. The third-order valence-corrected chi connectivity index (χ3v) is 5.97. The van der Waals surface area contributed by atoms with Crippen LogP contribution in [0.4, 0.5) is 5.69 Å². The molecule has 0 aliphatic rings. The fourth-order valence-electron chi connectivity index (χ4n) is 3.38. The summed E-state index contributed by atoms with van der Waals surface area (Å²) in [7, 11) is 1.66. The van der Waals surface area contributed by atoms with Gasteiger partial charge in [-0.2, -0.15) is 5.10 Å². The van der Waals surface area contributed by atoms with Gasteiger partial charge in [0.15, 0.2) is 0 Å². The number of hydrogen-bond donors (Lipinski definition) is 0. The number of rotatable bonds is 8. The Kier molecular flexibility index (Phi) is 7.37. The number of hydrogen-bond acceptors (Lipinski definition) is 5. The average molecular weight is 458 g/mol. The van der Waals surface area contributed by atoms with Gasteiger partial charge in [-0.05, 0) is 43.2 Å². The molecule has 0 saturated heterocycles. The predicted molar refractivity (Wildman–Crippen MR) is 136 cm³/mol. The average Bonchev–Trinajstić information content (AvgIpc) is 3.26. The molecule has 168 valence electrons. The second kappa shape index (κ2) is 10.8. The van der Waals surface area contributed by atoms with Gasteiger partial charge in [-0.1, -0.05) is 49.4 Å². The molecule has 0 aliphatic carbocycles. The lowest BCUT2D eigenvalue weighted by Crippen LogP contribution is -2.11. The molecule has 5 nitrogen and oxygen atoms in total. The summed E-state index contributed by atoms with van der Waals surface area (Å²) in [5.74, 6) is 1.57. The van der Waals surface area contributed by atoms with E-state index >= 15 is 0 Å². The van der Waals surface area contributed by atoms with Crippen molar-refractivity contribution in [2.75, 3.05) is 13.7 Å². The molecule has 0 fully saturated rings. The molecular formula is C27H27N3O2S. The highest BCUT2D eigenvalue weighted by Gasteiger charge is 2.09. The van der Waals surface area contributed by atoms with E-state index in [9.17, 15) is 0 Å². The van der Waals surface area contributed by atoms with E-state index < -0.39 is 0 Å². The summed E-state index contributed by atoms with van der Waals surface area (Å²) in [5, 5.41) is 6.92. The Morgan fingerprint density at radius 2 is 1.79 bits per heavy atom. The van der Waals surface area contributed by atoms with E-state index in [-0.39, 0.29) is 0 Å². The van der Waals surface area contributed by atoms with Crippen LogP contribution in [0, 0.1) is 0 Å². The first-order chi connectivity index (χ1) is 16.2. The van der Waals surface area contributed by atoms with Gasteiger partial charge in [0.25, 0.3) is 0 Å². The van der Waals surface area contributed by atoms with Crippen LogP contribution in [0.3, 0.4) is 0 Å². The fourth-order valence-corrected chi connectivity index (χ4v) is 4.24. The van der Waals surface area contributed by atoms with Gasteiger partial charge in [0, 0.05) is 22.6 Å². The third-order valence-electron chi connectivity index (χ3n) is 5.15. The maximum absolute atomic E-state index is 5.76. The second-order valence-corrected chi connectivity index (χ2v) is 8.13. The first-order valence-electron chi connectivity index (χ1n) is 11.0. The van der Waals surface area contributed by atoms with E-state index in [1.807, 2.05) is 66.3 Å². The molecule has 6 heteroatoms. The van der Waals surface area contributed by atoms with Crippen molar-refractivity contribution in [1.29, 1.82) is 0 Å². The molecule has 0 atom stereocenters. The molecular weight excluding hydrogens is 430 g/mol. The quantitative estimate of drug-likeness (QED) is 0.292. The van der Waals surface area contributed by atoms with Crippen LogP contribution in [0.1, 0.15) is 25.0 Å². The molecule has 1 aromatic heterocycles. The van der Waals surface area contributed by atoms with Crippen molar-refractivity contribution in [3.8, 4) is 22.8 Å². The summed E-state index contributed by atoms with van der Waals surface area (Å²) in [5.41, 5.74) is 5.09. The molecule has 0 unspecified atom stereocenters. The number of ether oxygens (including phenoxy) is 2. The van der Waals surface area contributed by atoms with Crippen LogP contribution >= 0.6 is 11.3 Å². The van der Waals surface area contributed by atoms with Gasteiger partial charge in [-0.25, -0.2) is 9.67 Å². The molecule has 3 aromatic carbocycles. The Balaban J connectivity index is 1.82. The van der Waals surface area contributed by atoms with E-state index in [0.717, 1.165) is 45.2 Å². The molecule has 4 rings (SSSR count). The summed E-state index contributed by atoms with van der Waals surface area (Å²) in [6.45, 7) is 4.73. The second-order valence-electron chi connectivity index (χ2n) is 7.29. The van der Waals surface area contributed by atoms with Crippen LogP contribution in [0.2, 0.25) is 0 Å². The minimum absolute atomic E-state index is 0.599. The molecule has 4 aromatic rings. The highest BCUT2D eigenvalue weighted by molar-refractivity contribution is 7.07. The Morgan fingerprint density at radius 3 is 2.55 bits per heavy atom. The number of aromatic nitrogens is 1. The zero-order valence-corrected chi connectivity index (χ0v) is 19.9. The van der Waals surface area contributed by atoms with Gasteiger partial charge in [0.05, 0.1) is 31.3 Å². The Labute approximate surface area is 198 Å². The maximum atomic E-state index is 5.76. The van der Waals surface area contributed by atoms with Crippen LogP contribution in [-0.4, -0.2) is 24.6 Å². The van der Waals surface area contributed by atoms with Crippen molar-refractivity contribution in [2.24, 2.45) is 10.1 Å². The van der Waals surface area contributed by atoms with Crippen molar-refractivity contribution < 1.29 is 9.47 Å². The van der Waals surface area contributed by atoms with Crippen molar-refractivity contribution >= 4 is 23.2 Å². The van der Waals surface area contributed by atoms with Gasteiger partial charge in [0.1, 0.15) is 11.5 Å². The molecule has 0 spiro atoms. The van der Waals surface area contributed by atoms with Crippen LogP contribution in [0.5, 0.6) is 11.5 Å². The van der Waals surface area contributed by atoms with Crippen molar-refractivity contribution in [3.63, 3.8) is 0 Å². The minimum Gasteiger partial charge on any atom is -0.497 e. The van der Waals surface area contributed by atoms with Crippen LogP contribution in [0.25, 0.3) is 11.3 Å². The third kappa shape index (κ3) is 5.41. The summed E-state index contributed by atoms with van der Waals surface area (Å²) in [6, 6.07) is 24.2. The molecule has 33 heavy (non-hydrogen) atoms. The highest BCUT2D eigenvalue weighted by atomic mass is 32.1. The van der Waals surface area contributed by atoms with E-state index in [1.165, 1.54) is 5.56 Å². The molecule has 1 heterocycles. The number of aryl methyl sites for hydroxylation is 1. The Morgan fingerprint density at radius 1 is 0.970 bits per heavy atom. The Hall–Kier alpha value is -3.64. The standard InChI is InChI=1S/C27H27N3O2S/c1-4-20-13-15-21(16-14-20)25-19-33-27(29-23-10-8-11-24(17-23)31-3)30(25)28-18-22-9-6-7-12-26(22)32-5-2/h6-19H,4-5H2,1-3H3/b28-18-,29-27?. The van der Waals surface area contributed by atoms with Crippen molar-refractivity contribution in [3.05, 3.63) is 94.1 Å². The normalized spacial score (nSPS) is 11.8. The van der Waals surface area contributed by atoms with Crippen LogP contribution < -0.4 is 14.3 Å². The number of methoxy groups -OCH3 is 1. The zero-order chi connectivity index (χ0) is 23.0. The molecule has 0 radical (unpaired) electrons. The van der Waals surface area contributed by atoms with E-state index in [0.29, 0.717) is 6.61 Å². The SMILES string of the molecule is CCOc1ccccc1/C=N\n1c(-c2ccc(CC)cc2)csc1=Nc1cccc(OC)c1. The van der Waals surface area contributed by atoms with E-state index in [1.54, 1.807) is 18.4 Å². The highest BCUT2D eigenvalue weighted by Crippen LogP contribution is 2.23. The number of para-hydroxylation sites is 1. The Bertz CT molecular complexity index is 1300. The van der Waals surface area contributed by atoms with Gasteiger partial charge < -0.3 is 9.47 Å². The maximum Gasteiger partial charge on any atom is 0.211 e. The van der Waals surface area contributed by atoms with Gasteiger partial charge in [-0.3, -0.25) is 0 Å². The fraction of sp³-hybridized carbons (Fsp3) is 0.185. The zero-order valence-electron chi connectivity index (χ0n) is 19.1. The lowest BCUT2D eigenvalue weighted by atomic mass is 10.1. The van der Waals surface area contributed by atoms with E-state index in [2.05, 4.69) is 36.6 Å². The van der Waals surface area contributed by atoms with Crippen LogP contribution in [-0.2, 0) is 6.42 Å². The number of benzene rings is 3. The summed E-state index contributed by atoms with van der Waals surface area (Å²) in [6.07, 6.45) is 2.83. The monoisotopic (exact) mass is 457 g/mol. The smallest absolute Gasteiger partial charge is 0.211 e. The first-order valence-corrected chi connectivity index (χ1v) is 11.8. The lowest BCUT2D eigenvalue weighted by Gasteiger charge is -2.07. The summed E-state index contributed by atoms with van der Waals surface area (Å²) >= 11 is 1.55. The summed E-state index contributed by atoms with van der Waals surface area (Å²) in [4.78, 5) is 5.62. The van der Waals surface area contributed by atoms with Crippen molar-refractivity contribution in [2.45, 2.75) is 20.3 Å². The molecule has 0 bridgehead atoms. The molecule has 0 saturated carbocycles. The number of thiazole rings is 1. The minimum atomic E-state index is 0.599. The van der Waals surface area contributed by atoms with Gasteiger partial charge in [0.2, 0.25) is 4.80 Å². The molecule has 0 N–H and O–H groups in total. The molecule has 0 amide bonds. The van der Waals surface area contributed by atoms with Gasteiger partial charge >= 0.3 is 0 Å². The van der Waals surface area contributed by atoms with E-state index in [4.69, 9.17) is 19.6 Å². The largest absolute Gasteiger partial charge is 0.497 e. The lowest BCUT2D eigenvalue weighted by molar-refractivity contribution is 0.340. The summed E-state index contributed by atoms with van der Waals surface area (Å²) < 4.78 is 13.0. The molecule has 0 aliphatic heterocycles. The van der Waals surface area contributed by atoms with Crippen LogP contribution in [0.15, 0.2) is 88.3 Å². The number of nitrogens with zero attached hydrogens (tertiary/aromatic N) is 3. The van der Waals surface area contributed by atoms with Crippen molar-refractivity contribution in [1.82, 2.24) is 4.68 Å². The predicted octanol–water partition coefficient (Wildman–Crippen LogP) is 6.30. The van der Waals surface area contributed by atoms with Gasteiger partial charge in [-0.15, -0.1) is 11.3 Å².